The highest BCUT2D eigenvalue weighted by molar-refractivity contribution is 5.86. The second-order valence-corrected chi connectivity index (χ2v) is 1.52. The van der Waals surface area contributed by atoms with Crippen molar-refractivity contribution in [2.24, 2.45) is 0 Å². The molecule has 0 aliphatic heterocycles. The van der Waals surface area contributed by atoms with Crippen LogP contribution in [0, 0.1) is 0 Å². The first-order valence-electron chi connectivity index (χ1n) is 2.27. The van der Waals surface area contributed by atoms with Gasteiger partial charge in [-0.15, -0.1) is 37.2 Å². The maximum atomic E-state index is 8.65. The summed E-state index contributed by atoms with van der Waals surface area (Å²) in [6.07, 6.45) is 0. The van der Waals surface area contributed by atoms with Gasteiger partial charge in [-0.2, -0.15) is 0 Å². The van der Waals surface area contributed by atoms with E-state index in [0.29, 0.717) is 0 Å². The Labute approximate surface area is 83.5 Å². The summed E-state index contributed by atoms with van der Waals surface area (Å²) in [5, 5.41) is 17.3. The average Bonchev–Trinajstić information content (AvgIpc) is 1.64. The minimum absolute atomic E-state index is 0. The summed E-state index contributed by atoms with van der Waals surface area (Å²) in [5.74, 6) is 0.176. The minimum Gasteiger partial charge on any atom is -0.508 e. The Morgan fingerprint density at radius 1 is 0.818 bits per heavy atom. The van der Waals surface area contributed by atoms with Crippen LogP contribution in [0.3, 0.4) is 0 Å². The van der Waals surface area contributed by atoms with E-state index in [0.717, 1.165) is 0 Å². The summed E-state index contributed by atoms with van der Waals surface area (Å²) < 4.78 is 0. The third-order valence-electron chi connectivity index (χ3n) is 0.830. The van der Waals surface area contributed by atoms with Crippen molar-refractivity contribution in [3.63, 3.8) is 0 Å². The SMILES string of the molecule is Cl.Cl.Cl.Oc1cccc(O)c1. The summed E-state index contributed by atoms with van der Waals surface area (Å²) in [6.45, 7) is 0. The molecule has 0 radical (unpaired) electrons. The first-order chi connectivity index (χ1) is 3.79. The Balaban J connectivity index is -0.000000213. The van der Waals surface area contributed by atoms with Crippen molar-refractivity contribution in [3.8, 4) is 11.5 Å². The first kappa shape index (κ1) is 17.0. The van der Waals surface area contributed by atoms with Gasteiger partial charge in [0.25, 0.3) is 0 Å². The predicted octanol–water partition coefficient (Wildman–Crippen LogP) is 2.36. The zero-order chi connectivity index (χ0) is 5.98. The molecule has 5 heteroatoms. The summed E-state index contributed by atoms with van der Waals surface area (Å²) in [7, 11) is 0. The van der Waals surface area contributed by atoms with Gasteiger partial charge in [0.05, 0.1) is 0 Å². The Hall–Kier alpha value is -0.310. The van der Waals surface area contributed by atoms with Crippen LogP contribution in [0.4, 0.5) is 0 Å². The molecule has 0 atom stereocenters. The molecule has 11 heavy (non-hydrogen) atoms. The second-order valence-electron chi connectivity index (χ2n) is 1.52. The molecule has 0 fully saturated rings. The van der Waals surface area contributed by atoms with Gasteiger partial charge in [-0.3, -0.25) is 0 Å². The maximum absolute atomic E-state index is 8.65. The molecule has 1 aromatic rings. The third-order valence-corrected chi connectivity index (χ3v) is 0.830. The summed E-state index contributed by atoms with van der Waals surface area (Å²) >= 11 is 0. The molecule has 0 saturated carbocycles. The molecule has 2 nitrogen and oxygen atoms in total. The number of phenolic OH excluding ortho intramolecular Hbond substituents is 2. The fraction of sp³-hybridized carbons (Fsp3) is 0. The van der Waals surface area contributed by atoms with Gasteiger partial charge in [-0.05, 0) is 12.1 Å². The zero-order valence-corrected chi connectivity index (χ0v) is 7.88. The highest BCUT2D eigenvalue weighted by atomic mass is 35.5. The van der Waals surface area contributed by atoms with E-state index in [4.69, 9.17) is 10.2 Å². The highest BCUT2D eigenvalue weighted by Crippen LogP contribution is 2.14. The van der Waals surface area contributed by atoms with E-state index in [1.165, 1.54) is 18.2 Å². The first-order valence-corrected chi connectivity index (χ1v) is 2.27. The normalized spacial score (nSPS) is 6.55. The molecule has 0 saturated heterocycles. The molecule has 66 valence electrons. The molecule has 0 amide bonds. The zero-order valence-electron chi connectivity index (χ0n) is 5.43. The molecule has 0 aliphatic carbocycles. The van der Waals surface area contributed by atoms with Crippen LogP contribution in [0.2, 0.25) is 0 Å². The van der Waals surface area contributed by atoms with E-state index in [9.17, 15) is 0 Å². The molecule has 0 spiro atoms. The van der Waals surface area contributed by atoms with Crippen molar-refractivity contribution in [2.45, 2.75) is 0 Å². The van der Waals surface area contributed by atoms with E-state index < -0.39 is 0 Å². The Kier molecular flexibility index (Phi) is 12.0. The topological polar surface area (TPSA) is 40.5 Å². The lowest BCUT2D eigenvalue weighted by Gasteiger charge is -1.89. The van der Waals surface area contributed by atoms with Crippen LogP contribution in [-0.2, 0) is 0 Å². The number of hydrogen-bond acceptors (Lipinski definition) is 2. The van der Waals surface area contributed by atoms with E-state index in [-0.39, 0.29) is 48.7 Å². The average molecular weight is 219 g/mol. The molecule has 0 bridgehead atoms. The van der Waals surface area contributed by atoms with Crippen LogP contribution in [-0.4, -0.2) is 10.2 Å². The van der Waals surface area contributed by atoms with Gasteiger partial charge in [0.1, 0.15) is 11.5 Å². The molecule has 0 heterocycles. The van der Waals surface area contributed by atoms with E-state index in [1.54, 1.807) is 6.07 Å². The number of benzene rings is 1. The number of hydrogen-bond donors (Lipinski definition) is 2. The molecule has 0 unspecified atom stereocenters. The third kappa shape index (κ3) is 6.10. The number of aromatic hydroxyl groups is 2. The van der Waals surface area contributed by atoms with Gasteiger partial charge in [-0.1, -0.05) is 6.07 Å². The van der Waals surface area contributed by atoms with Crippen LogP contribution < -0.4 is 0 Å². The van der Waals surface area contributed by atoms with Gasteiger partial charge in [0, 0.05) is 6.07 Å². The smallest absolute Gasteiger partial charge is 0.119 e. The predicted molar refractivity (Wildman–Crippen MR) is 51.5 cm³/mol. The lowest BCUT2D eigenvalue weighted by atomic mass is 10.3. The lowest BCUT2D eigenvalue weighted by molar-refractivity contribution is 0.450. The second kappa shape index (κ2) is 7.79. The summed E-state index contributed by atoms with van der Waals surface area (Å²) in [6, 6.07) is 5.85. The minimum atomic E-state index is 0. The van der Waals surface area contributed by atoms with Crippen molar-refractivity contribution in [3.05, 3.63) is 24.3 Å². The standard InChI is InChI=1S/C6H6O2.3ClH/c7-5-2-1-3-6(8)4-5;;;/h1-4,7-8H;3*1H. The van der Waals surface area contributed by atoms with Crippen molar-refractivity contribution < 1.29 is 10.2 Å². The van der Waals surface area contributed by atoms with Crippen molar-refractivity contribution >= 4 is 37.2 Å². The lowest BCUT2D eigenvalue weighted by Crippen LogP contribution is -1.61. The Morgan fingerprint density at radius 3 is 1.36 bits per heavy atom. The van der Waals surface area contributed by atoms with Crippen LogP contribution in [0.1, 0.15) is 0 Å². The highest BCUT2D eigenvalue weighted by Gasteiger charge is 1.85. The van der Waals surface area contributed by atoms with Crippen molar-refractivity contribution in [1.82, 2.24) is 0 Å². The van der Waals surface area contributed by atoms with Gasteiger partial charge in [0.2, 0.25) is 0 Å². The van der Waals surface area contributed by atoms with Gasteiger partial charge >= 0.3 is 0 Å². The van der Waals surface area contributed by atoms with Crippen molar-refractivity contribution in [2.75, 3.05) is 0 Å². The molecular weight excluding hydrogens is 210 g/mol. The van der Waals surface area contributed by atoms with Crippen LogP contribution in [0.15, 0.2) is 24.3 Å². The molecule has 1 rings (SSSR count). The van der Waals surface area contributed by atoms with Crippen LogP contribution in [0.25, 0.3) is 0 Å². The molecule has 2 N–H and O–H groups in total. The Morgan fingerprint density at radius 2 is 1.18 bits per heavy atom. The van der Waals surface area contributed by atoms with Gasteiger partial charge in [-0.25, -0.2) is 0 Å². The molecule has 0 aromatic heterocycles. The Bertz CT molecular complexity index is 176. The van der Waals surface area contributed by atoms with E-state index in [2.05, 4.69) is 0 Å². The monoisotopic (exact) mass is 218 g/mol. The van der Waals surface area contributed by atoms with Crippen LogP contribution >= 0.6 is 37.2 Å². The van der Waals surface area contributed by atoms with Gasteiger partial charge < -0.3 is 10.2 Å². The van der Waals surface area contributed by atoms with Gasteiger partial charge in [0.15, 0.2) is 0 Å². The number of phenols is 2. The fourth-order valence-electron chi connectivity index (χ4n) is 0.493. The number of rotatable bonds is 0. The maximum Gasteiger partial charge on any atom is 0.119 e. The van der Waals surface area contributed by atoms with Crippen LogP contribution in [0.5, 0.6) is 11.5 Å². The summed E-state index contributed by atoms with van der Waals surface area (Å²) in [4.78, 5) is 0. The molecule has 1 aromatic carbocycles. The van der Waals surface area contributed by atoms with E-state index in [1.807, 2.05) is 0 Å². The quantitative estimate of drug-likeness (QED) is 0.703. The van der Waals surface area contributed by atoms with E-state index >= 15 is 0 Å². The summed E-state index contributed by atoms with van der Waals surface area (Å²) in [5.41, 5.74) is 0. The molecule has 0 aliphatic rings. The largest absolute Gasteiger partial charge is 0.508 e. The number of halogens is 3. The van der Waals surface area contributed by atoms with Crippen molar-refractivity contribution in [1.29, 1.82) is 0 Å². The fourth-order valence-corrected chi connectivity index (χ4v) is 0.493. The molecular formula is C6H9Cl3O2.